The number of hydrogen-bond acceptors (Lipinski definition) is 8. The molecule has 0 unspecified atom stereocenters. The zero-order valence-electron chi connectivity index (χ0n) is 15.9. The summed E-state index contributed by atoms with van der Waals surface area (Å²) < 4.78 is 16.1. The van der Waals surface area contributed by atoms with Crippen LogP contribution in [0.1, 0.15) is 36.9 Å². The molecule has 2 aliphatic rings. The van der Waals surface area contributed by atoms with Crippen LogP contribution >= 0.6 is 0 Å². The Balaban J connectivity index is 2.21. The van der Waals surface area contributed by atoms with Gasteiger partial charge in [-0.05, 0) is 0 Å². The Bertz CT molecular complexity index is 933. The maximum atomic E-state index is 13.3. The van der Waals surface area contributed by atoms with Crippen LogP contribution in [-0.4, -0.2) is 73.5 Å². The maximum absolute atomic E-state index is 13.3. The molecule has 0 aromatic carbocycles. The van der Waals surface area contributed by atoms with E-state index in [1.165, 1.54) is 24.8 Å². The Labute approximate surface area is 161 Å². The highest BCUT2D eigenvalue weighted by atomic mass is 16.5. The van der Waals surface area contributed by atoms with Crippen molar-refractivity contribution in [3.8, 4) is 0 Å². The number of methoxy groups -OCH3 is 2. The van der Waals surface area contributed by atoms with Gasteiger partial charge in [-0.3, -0.25) is 9.59 Å². The van der Waals surface area contributed by atoms with E-state index in [0.717, 1.165) is 7.11 Å². The van der Waals surface area contributed by atoms with Gasteiger partial charge in [0.2, 0.25) is 11.6 Å². The number of esters is 2. The van der Waals surface area contributed by atoms with Crippen LogP contribution in [0.3, 0.4) is 0 Å². The summed E-state index contributed by atoms with van der Waals surface area (Å²) in [4.78, 5) is 52.4. The number of fused-ring (bicyclic) bond motifs is 1. The van der Waals surface area contributed by atoms with Gasteiger partial charge in [-0.2, -0.15) is 0 Å². The molecule has 9 nitrogen and oxygen atoms in total. The molecule has 3 rings (SSSR count). The van der Waals surface area contributed by atoms with Crippen molar-refractivity contribution in [1.82, 2.24) is 9.47 Å². The third-order valence-corrected chi connectivity index (χ3v) is 4.81. The van der Waals surface area contributed by atoms with E-state index in [2.05, 4.69) is 11.3 Å². The standard InChI is InChI=1S/C19H20N2O7/c1-10(18(24)26-3)15-14(19(25)27-4)13-16(20(15)2)12(22)9-11(17(13)23)21-5-7-28-8-6-21/h9H,1,5-8H2,2-4H3. The molecule has 148 valence electrons. The Morgan fingerprint density at radius 2 is 1.79 bits per heavy atom. The molecule has 0 spiro atoms. The average Bonchev–Trinajstić information content (AvgIpc) is 3.03. The van der Waals surface area contributed by atoms with E-state index < -0.39 is 23.5 Å². The Morgan fingerprint density at radius 1 is 1.14 bits per heavy atom. The van der Waals surface area contributed by atoms with E-state index in [4.69, 9.17) is 9.47 Å². The van der Waals surface area contributed by atoms with Crippen LogP contribution < -0.4 is 0 Å². The van der Waals surface area contributed by atoms with Crippen molar-refractivity contribution in [2.75, 3.05) is 40.5 Å². The van der Waals surface area contributed by atoms with Crippen molar-refractivity contribution in [3.63, 3.8) is 0 Å². The van der Waals surface area contributed by atoms with Gasteiger partial charge in [0.05, 0.1) is 55.5 Å². The molecule has 1 fully saturated rings. The molecular formula is C19H20N2O7. The summed E-state index contributed by atoms with van der Waals surface area (Å²) in [6.45, 7) is 5.41. The lowest BCUT2D eigenvalue weighted by molar-refractivity contribution is -0.133. The first kappa shape index (κ1) is 19.6. The lowest BCUT2D eigenvalue weighted by atomic mass is 9.93. The topological polar surface area (TPSA) is 104 Å². The minimum Gasteiger partial charge on any atom is -0.465 e. The third kappa shape index (κ3) is 2.93. The fraction of sp³-hybridized carbons (Fsp3) is 0.368. The zero-order chi connectivity index (χ0) is 20.6. The fourth-order valence-corrected chi connectivity index (χ4v) is 3.49. The summed E-state index contributed by atoms with van der Waals surface area (Å²) in [5.74, 6) is -2.57. The molecule has 1 aliphatic heterocycles. The summed E-state index contributed by atoms with van der Waals surface area (Å²) in [5, 5.41) is 0. The number of nitrogens with zero attached hydrogens (tertiary/aromatic N) is 2. The number of carbonyl (C=O) groups is 4. The van der Waals surface area contributed by atoms with Crippen molar-refractivity contribution < 1.29 is 33.4 Å². The predicted octanol–water partition coefficient (Wildman–Crippen LogP) is 0.593. The quantitative estimate of drug-likeness (QED) is 0.545. The summed E-state index contributed by atoms with van der Waals surface area (Å²) >= 11 is 0. The van der Waals surface area contributed by atoms with Crippen molar-refractivity contribution >= 4 is 29.1 Å². The van der Waals surface area contributed by atoms with Crippen LogP contribution in [-0.2, 0) is 26.1 Å². The van der Waals surface area contributed by atoms with E-state index in [1.54, 1.807) is 4.90 Å². The first-order valence-electron chi connectivity index (χ1n) is 8.55. The van der Waals surface area contributed by atoms with Crippen molar-refractivity contribution in [3.05, 3.63) is 40.9 Å². The molecule has 0 atom stereocenters. The van der Waals surface area contributed by atoms with Crippen LogP contribution in [0, 0.1) is 0 Å². The molecule has 1 saturated heterocycles. The summed E-state index contributed by atoms with van der Waals surface area (Å²) in [6.07, 6.45) is 1.25. The number of rotatable bonds is 4. The highest BCUT2D eigenvalue weighted by molar-refractivity contribution is 6.29. The summed E-state index contributed by atoms with van der Waals surface area (Å²) in [6, 6.07) is 0. The third-order valence-electron chi connectivity index (χ3n) is 4.81. The Kier molecular flexibility index (Phi) is 5.19. The lowest BCUT2D eigenvalue weighted by Gasteiger charge is -2.31. The van der Waals surface area contributed by atoms with E-state index in [9.17, 15) is 19.2 Å². The monoisotopic (exact) mass is 388 g/mol. The number of carbonyl (C=O) groups excluding carboxylic acids is 4. The average molecular weight is 388 g/mol. The maximum Gasteiger partial charge on any atom is 0.340 e. The number of Topliss-reactive ketones (excluding diaryl/α,β-unsaturated/α-hetero) is 1. The van der Waals surface area contributed by atoms with Gasteiger partial charge in [0.15, 0.2) is 0 Å². The van der Waals surface area contributed by atoms with Gasteiger partial charge in [0, 0.05) is 26.2 Å². The second-order valence-corrected chi connectivity index (χ2v) is 6.29. The number of morpholine rings is 1. The minimum atomic E-state index is -0.846. The molecule has 1 aromatic heterocycles. The molecule has 0 saturated carbocycles. The smallest absolute Gasteiger partial charge is 0.340 e. The molecule has 0 radical (unpaired) electrons. The molecule has 1 aromatic rings. The zero-order valence-corrected chi connectivity index (χ0v) is 15.9. The van der Waals surface area contributed by atoms with Gasteiger partial charge < -0.3 is 23.7 Å². The van der Waals surface area contributed by atoms with Gasteiger partial charge in [-0.15, -0.1) is 0 Å². The van der Waals surface area contributed by atoms with Gasteiger partial charge in [0.1, 0.15) is 5.69 Å². The molecule has 9 heteroatoms. The van der Waals surface area contributed by atoms with Crippen molar-refractivity contribution in [1.29, 1.82) is 0 Å². The molecule has 0 amide bonds. The highest BCUT2D eigenvalue weighted by Crippen LogP contribution is 2.34. The normalized spacial score (nSPS) is 16.4. The van der Waals surface area contributed by atoms with Crippen molar-refractivity contribution in [2.45, 2.75) is 0 Å². The van der Waals surface area contributed by atoms with Crippen LogP contribution in [0.4, 0.5) is 0 Å². The Hall–Kier alpha value is -3.20. The van der Waals surface area contributed by atoms with Crippen LogP contribution in [0.2, 0.25) is 0 Å². The molecular weight excluding hydrogens is 368 g/mol. The molecule has 0 bridgehead atoms. The van der Waals surface area contributed by atoms with Gasteiger partial charge in [-0.1, -0.05) is 6.58 Å². The van der Waals surface area contributed by atoms with Gasteiger partial charge in [0.25, 0.3) is 0 Å². The van der Waals surface area contributed by atoms with Crippen LogP contribution in [0.25, 0.3) is 5.57 Å². The molecule has 2 heterocycles. The van der Waals surface area contributed by atoms with E-state index in [1.807, 2.05) is 0 Å². The number of ether oxygens (including phenoxy) is 3. The number of allylic oxidation sites excluding steroid dienone is 2. The van der Waals surface area contributed by atoms with Crippen LogP contribution in [0.15, 0.2) is 18.4 Å². The molecule has 28 heavy (non-hydrogen) atoms. The molecule has 1 aliphatic carbocycles. The number of hydrogen-bond donors (Lipinski definition) is 0. The number of ketones is 2. The van der Waals surface area contributed by atoms with Crippen LogP contribution in [0.5, 0.6) is 0 Å². The van der Waals surface area contributed by atoms with Crippen molar-refractivity contribution in [2.24, 2.45) is 7.05 Å². The lowest BCUT2D eigenvalue weighted by Crippen LogP contribution is -2.40. The SMILES string of the molecule is C=C(C(=O)OC)c1c(C(=O)OC)c2c(n1C)C(=O)C=C(N1CCOCC1)C2=O. The predicted molar refractivity (Wildman–Crippen MR) is 96.9 cm³/mol. The second kappa shape index (κ2) is 7.43. The highest BCUT2D eigenvalue weighted by Gasteiger charge is 2.40. The second-order valence-electron chi connectivity index (χ2n) is 6.29. The fourth-order valence-electron chi connectivity index (χ4n) is 3.49. The van der Waals surface area contributed by atoms with Gasteiger partial charge >= 0.3 is 11.9 Å². The first-order chi connectivity index (χ1) is 13.3. The molecule has 0 N–H and O–H groups in total. The summed E-state index contributed by atoms with van der Waals surface area (Å²) in [5.41, 5.74) is -0.222. The summed E-state index contributed by atoms with van der Waals surface area (Å²) in [7, 11) is 3.80. The first-order valence-corrected chi connectivity index (χ1v) is 8.55. The minimum absolute atomic E-state index is 0.00228. The van der Waals surface area contributed by atoms with Gasteiger partial charge in [-0.25, -0.2) is 9.59 Å². The van der Waals surface area contributed by atoms with E-state index in [-0.39, 0.29) is 33.8 Å². The largest absolute Gasteiger partial charge is 0.465 e. The van der Waals surface area contributed by atoms with E-state index >= 15 is 0 Å². The van der Waals surface area contributed by atoms with E-state index in [0.29, 0.717) is 26.3 Å². The number of aromatic nitrogens is 1. The Morgan fingerprint density at radius 3 is 2.36 bits per heavy atom.